The number of anilines is 3. The van der Waals surface area contributed by atoms with E-state index in [9.17, 15) is 0 Å². The number of likely N-dealkylation sites (N-methyl/N-ethyl adjacent to an activating group) is 1. The molecule has 0 amide bonds. The molecule has 10 heteroatoms. The van der Waals surface area contributed by atoms with E-state index < -0.39 is 0 Å². The number of halogens is 1. The molecule has 0 atom stereocenters. The average molecular weight is 533 g/mol. The van der Waals surface area contributed by atoms with Crippen molar-refractivity contribution in [3.8, 4) is 17.1 Å². The lowest BCUT2D eigenvalue weighted by Crippen LogP contribution is -2.52. The number of methoxy groups -OCH3 is 1. The number of piperazine rings is 1. The molecule has 1 aromatic carbocycles. The second-order valence-electron chi connectivity index (χ2n) is 10.0. The highest BCUT2D eigenvalue weighted by Gasteiger charge is 2.27. The standard InChI is InChI=1S/C28H33ClN8O/c1-34-15-17-36(18-16-34)20-9-13-35(14-10-20)21-6-7-22(24(19-21)38-2)31-28-30-11-8-23(32-28)26-27(29)33-25-5-3-4-12-37(25)26/h3-8,11-12,19-20H,9-10,13-18H2,1-2H3,(H,30,31,32). The summed E-state index contributed by atoms with van der Waals surface area (Å²) in [6.07, 6.45) is 6.03. The Hall–Kier alpha value is -3.40. The van der Waals surface area contributed by atoms with E-state index in [0.717, 1.165) is 35.9 Å². The summed E-state index contributed by atoms with van der Waals surface area (Å²) >= 11 is 6.47. The molecule has 0 bridgehead atoms. The van der Waals surface area contributed by atoms with Crippen LogP contribution in [0.4, 0.5) is 17.3 Å². The van der Waals surface area contributed by atoms with E-state index in [2.05, 4.69) is 49.2 Å². The first-order valence-corrected chi connectivity index (χ1v) is 13.6. The van der Waals surface area contributed by atoms with Crippen molar-refractivity contribution in [1.29, 1.82) is 0 Å². The topological polar surface area (TPSA) is 74.1 Å². The summed E-state index contributed by atoms with van der Waals surface area (Å²) in [7, 11) is 3.91. The number of hydrogen-bond acceptors (Lipinski definition) is 8. The van der Waals surface area contributed by atoms with Gasteiger partial charge >= 0.3 is 0 Å². The molecule has 2 aliphatic heterocycles. The Morgan fingerprint density at radius 1 is 0.974 bits per heavy atom. The predicted molar refractivity (Wildman–Crippen MR) is 152 cm³/mol. The summed E-state index contributed by atoms with van der Waals surface area (Å²) in [4.78, 5) is 21.2. The number of fused-ring (bicyclic) bond motifs is 1. The van der Waals surface area contributed by atoms with Crippen LogP contribution >= 0.6 is 11.6 Å². The molecule has 2 fully saturated rings. The third-order valence-corrected chi connectivity index (χ3v) is 7.96. The van der Waals surface area contributed by atoms with Gasteiger partial charge in [0.05, 0.1) is 18.5 Å². The normalized spacial score (nSPS) is 17.7. The van der Waals surface area contributed by atoms with Crippen molar-refractivity contribution in [1.82, 2.24) is 29.2 Å². The Balaban J connectivity index is 1.16. The first-order valence-electron chi connectivity index (χ1n) is 13.2. The number of imidazole rings is 1. The van der Waals surface area contributed by atoms with Crippen LogP contribution in [0.15, 0.2) is 54.9 Å². The molecule has 0 spiro atoms. The lowest BCUT2D eigenvalue weighted by atomic mass is 10.0. The van der Waals surface area contributed by atoms with Crippen molar-refractivity contribution in [2.24, 2.45) is 0 Å². The Kier molecular flexibility index (Phi) is 7.06. The summed E-state index contributed by atoms with van der Waals surface area (Å²) in [5.74, 6) is 1.22. The molecule has 2 saturated heterocycles. The van der Waals surface area contributed by atoms with Gasteiger partial charge in [-0.25, -0.2) is 15.0 Å². The number of ether oxygens (including phenoxy) is 1. The molecule has 9 nitrogen and oxygen atoms in total. The summed E-state index contributed by atoms with van der Waals surface area (Å²) in [6, 6.07) is 14.6. The molecular weight excluding hydrogens is 500 g/mol. The fourth-order valence-electron chi connectivity index (χ4n) is 5.52. The maximum atomic E-state index is 6.47. The zero-order valence-electron chi connectivity index (χ0n) is 21.8. The minimum atomic E-state index is 0.402. The van der Waals surface area contributed by atoms with Crippen molar-refractivity contribution in [3.63, 3.8) is 0 Å². The van der Waals surface area contributed by atoms with Crippen LogP contribution in [0.5, 0.6) is 5.75 Å². The van der Waals surface area contributed by atoms with Crippen molar-refractivity contribution in [2.75, 3.05) is 63.6 Å². The molecule has 5 heterocycles. The molecule has 0 aliphatic carbocycles. The Morgan fingerprint density at radius 2 is 1.79 bits per heavy atom. The molecule has 4 aromatic rings. The van der Waals surface area contributed by atoms with Gasteiger partial charge in [-0.2, -0.15) is 0 Å². The van der Waals surface area contributed by atoms with Crippen LogP contribution in [0.25, 0.3) is 17.0 Å². The second-order valence-corrected chi connectivity index (χ2v) is 10.4. The van der Waals surface area contributed by atoms with Gasteiger partial charge in [-0.3, -0.25) is 9.30 Å². The fraction of sp³-hybridized carbons (Fsp3) is 0.393. The van der Waals surface area contributed by atoms with Crippen molar-refractivity contribution < 1.29 is 4.74 Å². The molecule has 6 rings (SSSR count). The van der Waals surface area contributed by atoms with Crippen LogP contribution in [0.2, 0.25) is 5.15 Å². The SMILES string of the molecule is COc1cc(N2CCC(N3CCN(C)CC3)CC2)ccc1Nc1nccc(-c2c(Cl)nc3ccccn23)n1. The molecule has 38 heavy (non-hydrogen) atoms. The number of nitrogens with one attached hydrogen (secondary N) is 1. The molecule has 198 valence electrons. The molecule has 0 saturated carbocycles. The van der Waals surface area contributed by atoms with Gasteiger partial charge in [-0.05, 0) is 50.2 Å². The third-order valence-electron chi connectivity index (χ3n) is 7.70. The van der Waals surface area contributed by atoms with Crippen molar-refractivity contribution in [3.05, 3.63) is 60.0 Å². The van der Waals surface area contributed by atoms with Gasteiger partial charge in [0.2, 0.25) is 5.95 Å². The number of rotatable bonds is 6. The predicted octanol–water partition coefficient (Wildman–Crippen LogP) is 4.41. The van der Waals surface area contributed by atoms with E-state index in [1.807, 2.05) is 40.9 Å². The quantitative estimate of drug-likeness (QED) is 0.391. The molecular formula is C28H33ClN8O. The fourth-order valence-corrected chi connectivity index (χ4v) is 5.80. The largest absolute Gasteiger partial charge is 0.494 e. The van der Waals surface area contributed by atoms with Gasteiger partial charge in [0.15, 0.2) is 5.15 Å². The number of nitrogens with zero attached hydrogens (tertiary/aromatic N) is 7. The Morgan fingerprint density at radius 3 is 2.58 bits per heavy atom. The molecule has 1 N–H and O–H groups in total. The van der Waals surface area contributed by atoms with E-state index >= 15 is 0 Å². The first kappa shape index (κ1) is 24.9. The van der Waals surface area contributed by atoms with E-state index in [0.29, 0.717) is 22.8 Å². The number of piperidine rings is 1. The number of pyridine rings is 1. The van der Waals surface area contributed by atoms with Crippen LogP contribution < -0.4 is 15.0 Å². The van der Waals surface area contributed by atoms with Crippen LogP contribution in [0.1, 0.15) is 12.8 Å². The van der Waals surface area contributed by atoms with E-state index in [1.54, 1.807) is 13.3 Å². The second kappa shape index (κ2) is 10.8. The highest BCUT2D eigenvalue weighted by molar-refractivity contribution is 6.32. The molecule has 0 radical (unpaired) electrons. The summed E-state index contributed by atoms with van der Waals surface area (Å²) in [5, 5.41) is 3.73. The summed E-state index contributed by atoms with van der Waals surface area (Å²) in [6.45, 7) is 6.82. The van der Waals surface area contributed by atoms with Gasteiger partial charge in [0.1, 0.15) is 17.1 Å². The van der Waals surface area contributed by atoms with Gasteiger partial charge < -0.3 is 19.9 Å². The zero-order chi connectivity index (χ0) is 26.1. The van der Waals surface area contributed by atoms with E-state index in [-0.39, 0.29) is 0 Å². The third kappa shape index (κ3) is 5.01. The van der Waals surface area contributed by atoms with Crippen LogP contribution in [-0.2, 0) is 0 Å². The molecule has 0 unspecified atom stereocenters. The maximum Gasteiger partial charge on any atom is 0.227 e. The van der Waals surface area contributed by atoms with Gasteiger partial charge in [0.25, 0.3) is 0 Å². The number of aromatic nitrogens is 4. The highest BCUT2D eigenvalue weighted by atomic mass is 35.5. The highest BCUT2D eigenvalue weighted by Crippen LogP contribution is 2.34. The molecule has 3 aromatic heterocycles. The lowest BCUT2D eigenvalue weighted by Gasteiger charge is -2.42. The van der Waals surface area contributed by atoms with Crippen LogP contribution in [-0.4, -0.2) is 88.6 Å². The lowest BCUT2D eigenvalue weighted by molar-refractivity contribution is 0.0982. The first-order chi connectivity index (χ1) is 18.6. The Bertz CT molecular complexity index is 1410. The summed E-state index contributed by atoms with van der Waals surface area (Å²) in [5.41, 5.74) is 4.17. The van der Waals surface area contributed by atoms with Crippen molar-refractivity contribution >= 4 is 34.6 Å². The number of benzene rings is 1. The molecule has 2 aliphatic rings. The van der Waals surface area contributed by atoms with Crippen molar-refractivity contribution in [2.45, 2.75) is 18.9 Å². The number of hydrogen-bond donors (Lipinski definition) is 1. The van der Waals surface area contributed by atoms with Gasteiger partial charge in [0, 0.05) is 69.5 Å². The van der Waals surface area contributed by atoms with Crippen LogP contribution in [0, 0.1) is 0 Å². The van der Waals surface area contributed by atoms with E-state index in [1.165, 1.54) is 44.7 Å². The average Bonchev–Trinajstić information content (AvgIpc) is 3.29. The zero-order valence-corrected chi connectivity index (χ0v) is 22.6. The minimum Gasteiger partial charge on any atom is -0.494 e. The minimum absolute atomic E-state index is 0.402. The van der Waals surface area contributed by atoms with Crippen LogP contribution in [0.3, 0.4) is 0 Å². The smallest absolute Gasteiger partial charge is 0.227 e. The summed E-state index contributed by atoms with van der Waals surface area (Å²) < 4.78 is 7.69. The maximum absolute atomic E-state index is 6.47. The van der Waals surface area contributed by atoms with Gasteiger partial charge in [-0.1, -0.05) is 17.7 Å². The van der Waals surface area contributed by atoms with E-state index in [4.69, 9.17) is 21.3 Å². The monoisotopic (exact) mass is 532 g/mol. The Labute approximate surface area is 228 Å². The van der Waals surface area contributed by atoms with Gasteiger partial charge in [-0.15, -0.1) is 0 Å².